The zero-order valence-electron chi connectivity index (χ0n) is 10.5. The minimum absolute atomic E-state index is 0.164. The molecule has 5 nitrogen and oxygen atoms in total. The van der Waals surface area contributed by atoms with Gasteiger partial charge in [-0.15, -0.1) is 0 Å². The summed E-state index contributed by atoms with van der Waals surface area (Å²) in [6, 6.07) is 1.55. The van der Waals surface area contributed by atoms with E-state index in [1.54, 1.807) is 13.0 Å². The summed E-state index contributed by atoms with van der Waals surface area (Å²) in [4.78, 5) is 15.8. The van der Waals surface area contributed by atoms with Crippen LogP contribution < -0.4 is 10.5 Å². The van der Waals surface area contributed by atoms with Crippen LogP contribution in [0.25, 0.3) is 0 Å². The van der Waals surface area contributed by atoms with Crippen LogP contribution in [-0.4, -0.2) is 23.7 Å². The largest absolute Gasteiger partial charge is 0.473 e. The quantitative estimate of drug-likeness (QED) is 0.829. The summed E-state index contributed by atoms with van der Waals surface area (Å²) in [5.41, 5.74) is 6.49. The first kappa shape index (κ1) is 12.7. The van der Waals surface area contributed by atoms with Crippen LogP contribution in [0.15, 0.2) is 12.3 Å². The second-order valence-corrected chi connectivity index (χ2v) is 4.32. The zero-order chi connectivity index (χ0) is 13.0. The number of hydrogen-bond acceptors (Lipinski definition) is 5. The lowest BCUT2D eigenvalue weighted by Gasteiger charge is -2.15. The maximum Gasteiger partial charge on any atom is 0.340 e. The molecule has 1 aromatic rings. The van der Waals surface area contributed by atoms with Gasteiger partial charge in [0, 0.05) is 6.20 Å². The number of pyridine rings is 1. The van der Waals surface area contributed by atoms with Crippen molar-refractivity contribution in [1.82, 2.24) is 4.98 Å². The molecule has 2 rings (SSSR count). The van der Waals surface area contributed by atoms with Crippen molar-refractivity contribution in [3.05, 3.63) is 17.8 Å². The highest BCUT2D eigenvalue weighted by atomic mass is 16.5. The van der Waals surface area contributed by atoms with Gasteiger partial charge in [0.05, 0.1) is 12.2 Å². The average molecular weight is 250 g/mol. The minimum atomic E-state index is -0.436. The van der Waals surface area contributed by atoms with E-state index < -0.39 is 5.97 Å². The molecule has 18 heavy (non-hydrogen) atoms. The molecule has 5 heteroatoms. The minimum Gasteiger partial charge on any atom is -0.473 e. The number of nitrogens with zero attached hydrogens (tertiary/aromatic N) is 1. The topological polar surface area (TPSA) is 74.4 Å². The molecule has 0 atom stereocenters. The normalized spacial score (nSPS) is 15.6. The molecule has 1 fully saturated rings. The van der Waals surface area contributed by atoms with Crippen molar-refractivity contribution in [2.24, 2.45) is 0 Å². The third-order valence-corrected chi connectivity index (χ3v) is 3.03. The van der Waals surface area contributed by atoms with Crippen LogP contribution in [0.3, 0.4) is 0 Å². The highest BCUT2D eigenvalue weighted by molar-refractivity contribution is 5.96. The highest BCUT2D eigenvalue weighted by Gasteiger charge is 2.21. The zero-order valence-corrected chi connectivity index (χ0v) is 10.5. The van der Waals surface area contributed by atoms with Crippen LogP contribution in [0.1, 0.15) is 43.0 Å². The summed E-state index contributed by atoms with van der Waals surface area (Å²) in [5, 5.41) is 0. The molecule has 0 bridgehead atoms. The SMILES string of the molecule is CCOC(=O)c1ccnc(OC2CCCC2)c1N. The summed E-state index contributed by atoms with van der Waals surface area (Å²) < 4.78 is 10.7. The van der Waals surface area contributed by atoms with Crippen molar-refractivity contribution < 1.29 is 14.3 Å². The van der Waals surface area contributed by atoms with E-state index in [0.717, 1.165) is 12.8 Å². The molecule has 1 heterocycles. The van der Waals surface area contributed by atoms with Gasteiger partial charge >= 0.3 is 5.97 Å². The van der Waals surface area contributed by atoms with E-state index in [2.05, 4.69) is 4.98 Å². The number of nitrogen functional groups attached to an aromatic ring is 1. The van der Waals surface area contributed by atoms with Crippen molar-refractivity contribution in [2.45, 2.75) is 38.7 Å². The second kappa shape index (κ2) is 5.71. The van der Waals surface area contributed by atoms with Gasteiger partial charge in [-0.25, -0.2) is 9.78 Å². The fraction of sp³-hybridized carbons (Fsp3) is 0.538. The number of carbonyl (C=O) groups excluding carboxylic acids is 1. The fourth-order valence-electron chi connectivity index (χ4n) is 2.10. The number of anilines is 1. The van der Waals surface area contributed by atoms with Gasteiger partial charge in [0.1, 0.15) is 11.8 Å². The lowest BCUT2D eigenvalue weighted by Crippen LogP contribution is -2.15. The van der Waals surface area contributed by atoms with Gasteiger partial charge in [-0.3, -0.25) is 0 Å². The van der Waals surface area contributed by atoms with E-state index in [0.29, 0.717) is 18.1 Å². The summed E-state index contributed by atoms with van der Waals surface area (Å²) in [5.74, 6) is -0.0962. The van der Waals surface area contributed by atoms with Gasteiger partial charge in [0.2, 0.25) is 5.88 Å². The first-order valence-corrected chi connectivity index (χ1v) is 6.30. The Morgan fingerprint density at radius 3 is 2.89 bits per heavy atom. The van der Waals surface area contributed by atoms with E-state index in [1.165, 1.54) is 19.0 Å². The van der Waals surface area contributed by atoms with Crippen molar-refractivity contribution in [3.8, 4) is 5.88 Å². The van der Waals surface area contributed by atoms with Crippen molar-refractivity contribution in [2.75, 3.05) is 12.3 Å². The Hall–Kier alpha value is -1.78. The van der Waals surface area contributed by atoms with Crippen molar-refractivity contribution in [3.63, 3.8) is 0 Å². The Kier molecular flexibility index (Phi) is 4.02. The predicted molar refractivity (Wildman–Crippen MR) is 67.5 cm³/mol. The van der Waals surface area contributed by atoms with E-state index in [1.807, 2.05) is 0 Å². The molecule has 0 unspecified atom stereocenters. The molecule has 0 aromatic carbocycles. The maximum absolute atomic E-state index is 11.7. The molecule has 1 aliphatic rings. The molecule has 1 saturated carbocycles. The highest BCUT2D eigenvalue weighted by Crippen LogP contribution is 2.28. The summed E-state index contributed by atoms with van der Waals surface area (Å²) in [6.45, 7) is 2.07. The Morgan fingerprint density at radius 1 is 1.50 bits per heavy atom. The number of hydrogen-bond donors (Lipinski definition) is 1. The number of rotatable bonds is 4. The molecule has 0 aliphatic heterocycles. The number of esters is 1. The summed E-state index contributed by atoms with van der Waals surface area (Å²) >= 11 is 0. The lowest BCUT2D eigenvalue weighted by molar-refractivity contribution is 0.0526. The van der Waals surface area contributed by atoms with Crippen LogP contribution in [-0.2, 0) is 4.74 Å². The van der Waals surface area contributed by atoms with Crippen LogP contribution in [0.2, 0.25) is 0 Å². The van der Waals surface area contributed by atoms with Crippen molar-refractivity contribution >= 4 is 11.7 Å². The Bertz CT molecular complexity index is 428. The smallest absolute Gasteiger partial charge is 0.340 e. The first-order chi connectivity index (χ1) is 8.72. The standard InChI is InChI=1S/C13H18N2O3/c1-2-17-13(16)10-7-8-15-12(11(10)14)18-9-5-3-4-6-9/h7-9H,2-6,14H2,1H3. The van der Waals surface area contributed by atoms with Crippen LogP contribution in [0, 0.1) is 0 Å². The van der Waals surface area contributed by atoms with Gasteiger partial charge in [-0.05, 0) is 38.7 Å². The van der Waals surface area contributed by atoms with E-state index in [-0.39, 0.29) is 11.8 Å². The molecule has 0 radical (unpaired) electrons. The number of aromatic nitrogens is 1. The monoisotopic (exact) mass is 250 g/mol. The van der Waals surface area contributed by atoms with Crippen LogP contribution in [0.5, 0.6) is 5.88 Å². The van der Waals surface area contributed by atoms with E-state index in [9.17, 15) is 4.79 Å². The lowest BCUT2D eigenvalue weighted by atomic mass is 10.2. The molecule has 2 N–H and O–H groups in total. The molecular formula is C13H18N2O3. The van der Waals surface area contributed by atoms with Crippen molar-refractivity contribution in [1.29, 1.82) is 0 Å². The van der Waals surface area contributed by atoms with Gasteiger partial charge in [0.15, 0.2) is 0 Å². The van der Waals surface area contributed by atoms with E-state index >= 15 is 0 Å². The average Bonchev–Trinajstić information content (AvgIpc) is 2.85. The Labute approximate surface area is 106 Å². The first-order valence-electron chi connectivity index (χ1n) is 6.30. The van der Waals surface area contributed by atoms with Crippen LogP contribution >= 0.6 is 0 Å². The van der Waals surface area contributed by atoms with Gasteiger partial charge < -0.3 is 15.2 Å². The molecule has 1 aliphatic carbocycles. The maximum atomic E-state index is 11.7. The molecule has 0 spiro atoms. The van der Waals surface area contributed by atoms with Crippen LogP contribution in [0.4, 0.5) is 5.69 Å². The molecular weight excluding hydrogens is 232 g/mol. The Morgan fingerprint density at radius 2 is 2.22 bits per heavy atom. The third-order valence-electron chi connectivity index (χ3n) is 3.03. The van der Waals surface area contributed by atoms with Gasteiger partial charge in [-0.1, -0.05) is 0 Å². The predicted octanol–water partition coefficient (Wildman–Crippen LogP) is 2.16. The van der Waals surface area contributed by atoms with Gasteiger partial charge in [-0.2, -0.15) is 0 Å². The number of nitrogens with two attached hydrogens (primary N) is 1. The third kappa shape index (κ3) is 2.72. The number of carbonyl (C=O) groups is 1. The molecule has 0 amide bonds. The summed E-state index contributed by atoms with van der Waals surface area (Å²) in [6.07, 6.45) is 6.06. The summed E-state index contributed by atoms with van der Waals surface area (Å²) in [7, 11) is 0. The molecule has 98 valence electrons. The Balaban J connectivity index is 2.15. The fourth-order valence-corrected chi connectivity index (χ4v) is 2.10. The number of ether oxygens (including phenoxy) is 2. The second-order valence-electron chi connectivity index (χ2n) is 4.32. The molecule has 1 aromatic heterocycles. The van der Waals surface area contributed by atoms with E-state index in [4.69, 9.17) is 15.2 Å². The molecule has 0 saturated heterocycles. The van der Waals surface area contributed by atoms with Gasteiger partial charge in [0.25, 0.3) is 0 Å².